The van der Waals surface area contributed by atoms with Crippen LogP contribution in [-0.4, -0.2) is 44.8 Å². The Morgan fingerprint density at radius 2 is 1.97 bits per heavy atom. The molecule has 1 amide bonds. The Balaban J connectivity index is 1.21. The van der Waals surface area contributed by atoms with E-state index in [4.69, 9.17) is 4.74 Å². The number of aromatic nitrogens is 3. The maximum atomic E-state index is 12.8. The molecular formula is C23H22N4O3. The van der Waals surface area contributed by atoms with Crippen LogP contribution >= 0.6 is 0 Å². The van der Waals surface area contributed by atoms with Crippen LogP contribution in [0.15, 0.2) is 65.7 Å². The highest BCUT2D eigenvalue weighted by Crippen LogP contribution is 2.29. The maximum Gasteiger partial charge on any atom is 0.266 e. The second kappa shape index (κ2) is 7.74. The van der Waals surface area contributed by atoms with Gasteiger partial charge in [0, 0.05) is 43.0 Å². The highest BCUT2D eigenvalue weighted by molar-refractivity contribution is 5.82. The van der Waals surface area contributed by atoms with Crippen molar-refractivity contribution < 1.29 is 9.53 Å². The summed E-state index contributed by atoms with van der Waals surface area (Å²) in [5.74, 6) is 1.05. The second-order valence-electron chi connectivity index (χ2n) is 7.84. The Morgan fingerprint density at radius 3 is 2.80 bits per heavy atom. The van der Waals surface area contributed by atoms with Gasteiger partial charge in [-0.05, 0) is 42.7 Å². The highest BCUT2D eigenvalue weighted by atomic mass is 16.5. The molecular weight excluding hydrogens is 380 g/mol. The molecule has 2 aromatic heterocycles. The van der Waals surface area contributed by atoms with Crippen LogP contribution in [0.1, 0.15) is 12.0 Å². The third kappa shape index (κ3) is 3.58. The van der Waals surface area contributed by atoms with Gasteiger partial charge in [-0.1, -0.05) is 18.2 Å². The van der Waals surface area contributed by atoms with Crippen molar-refractivity contribution in [3.63, 3.8) is 0 Å². The fraction of sp³-hybridized carbons (Fsp3) is 0.304. The van der Waals surface area contributed by atoms with Crippen molar-refractivity contribution in [3.8, 4) is 17.0 Å². The van der Waals surface area contributed by atoms with E-state index in [1.165, 1.54) is 10.7 Å². The van der Waals surface area contributed by atoms with Crippen molar-refractivity contribution in [2.45, 2.75) is 25.5 Å². The Bertz CT molecular complexity index is 1120. The van der Waals surface area contributed by atoms with Gasteiger partial charge in [-0.15, -0.1) is 0 Å². The van der Waals surface area contributed by atoms with Crippen molar-refractivity contribution in [3.05, 3.63) is 76.8 Å². The van der Waals surface area contributed by atoms with E-state index in [0.717, 1.165) is 23.3 Å². The lowest BCUT2D eigenvalue weighted by Crippen LogP contribution is -2.56. The standard InChI is InChI=1S/C23H22N4O3/c28-22-10-8-19(18-5-3-11-24-12-18)25-27(22)15-16-13-26(14-16)23(29)21-9-7-17-4-1-2-6-20(17)30-21/h1-6,8,10-12,16,21H,7,9,13-15H2. The summed E-state index contributed by atoms with van der Waals surface area (Å²) < 4.78 is 7.41. The van der Waals surface area contributed by atoms with E-state index in [1.54, 1.807) is 18.5 Å². The molecule has 3 aromatic rings. The first-order valence-electron chi connectivity index (χ1n) is 10.2. The van der Waals surface area contributed by atoms with Crippen LogP contribution in [0.2, 0.25) is 0 Å². The lowest BCUT2D eigenvalue weighted by atomic mass is 9.96. The minimum atomic E-state index is -0.421. The maximum absolute atomic E-state index is 12.8. The minimum Gasteiger partial charge on any atom is -0.480 e. The van der Waals surface area contributed by atoms with Gasteiger partial charge in [0.05, 0.1) is 12.2 Å². The molecule has 1 unspecified atom stereocenters. The van der Waals surface area contributed by atoms with Crippen molar-refractivity contribution in [1.29, 1.82) is 0 Å². The first kappa shape index (κ1) is 18.5. The van der Waals surface area contributed by atoms with Gasteiger partial charge >= 0.3 is 0 Å². The number of carbonyl (C=O) groups excluding carboxylic acids is 1. The number of nitrogens with zero attached hydrogens (tertiary/aromatic N) is 4. The number of amides is 1. The SMILES string of the molecule is O=C(C1CCc2ccccc2O1)N1CC(Cn2nc(-c3cccnc3)ccc2=O)C1. The van der Waals surface area contributed by atoms with Gasteiger partial charge in [0.2, 0.25) is 0 Å². The van der Waals surface area contributed by atoms with Gasteiger partial charge in [-0.25, -0.2) is 4.68 Å². The second-order valence-corrected chi connectivity index (χ2v) is 7.84. The quantitative estimate of drug-likeness (QED) is 0.668. The molecule has 1 saturated heterocycles. The molecule has 0 saturated carbocycles. The van der Waals surface area contributed by atoms with E-state index < -0.39 is 6.10 Å². The molecule has 0 aliphatic carbocycles. The summed E-state index contributed by atoms with van der Waals surface area (Å²) in [7, 11) is 0. The smallest absolute Gasteiger partial charge is 0.266 e. The molecule has 2 aliphatic rings. The molecule has 0 N–H and O–H groups in total. The first-order valence-corrected chi connectivity index (χ1v) is 10.2. The van der Waals surface area contributed by atoms with Crippen molar-refractivity contribution in [2.75, 3.05) is 13.1 Å². The molecule has 1 fully saturated rings. The molecule has 7 nitrogen and oxygen atoms in total. The van der Waals surface area contributed by atoms with Gasteiger partial charge in [0.25, 0.3) is 11.5 Å². The molecule has 1 atom stereocenters. The zero-order valence-corrected chi connectivity index (χ0v) is 16.5. The van der Waals surface area contributed by atoms with Crippen LogP contribution in [0.5, 0.6) is 5.75 Å². The summed E-state index contributed by atoms with van der Waals surface area (Å²) in [6.07, 6.45) is 4.56. The molecule has 7 heteroatoms. The molecule has 5 rings (SSSR count). The van der Waals surface area contributed by atoms with Crippen LogP contribution in [0.25, 0.3) is 11.3 Å². The summed E-state index contributed by atoms with van der Waals surface area (Å²) in [6, 6.07) is 14.9. The number of hydrogen-bond acceptors (Lipinski definition) is 5. The lowest BCUT2D eigenvalue weighted by molar-refractivity contribution is -0.146. The van der Waals surface area contributed by atoms with Gasteiger partial charge in [-0.2, -0.15) is 5.10 Å². The predicted octanol–water partition coefficient (Wildman–Crippen LogP) is 2.16. The molecule has 152 valence electrons. The van der Waals surface area contributed by atoms with Crippen molar-refractivity contribution in [1.82, 2.24) is 19.7 Å². The Labute approximate surface area is 173 Å². The van der Waals surface area contributed by atoms with Crippen molar-refractivity contribution >= 4 is 5.91 Å². The molecule has 2 aliphatic heterocycles. The van der Waals surface area contributed by atoms with Gasteiger partial charge in [0.1, 0.15) is 5.75 Å². The fourth-order valence-electron chi connectivity index (χ4n) is 4.06. The summed E-state index contributed by atoms with van der Waals surface area (Å²) >= 11 is 0. The van der Waals surface area contributed by atoms with Crippen molar-refractivity contribution in [2.24, 2.45) is 5.92 Å². The summed E-state index contributed by atoms with van der Waals surface area (Å²) in [4.78, 5) is 31.0. The van der Waals surface area contributed by atoms with Crippen LogP contribution < -0.4 is 10.3 Å². The number of pyridine rings is 1. The molecule has 1 aromatic carbocycles. The summed E-state index contributed by atoms with van der Waals surface area (Å²) in [5, 5.41) is 4.49. The number of benzene rings is 1. The van der Waals surface area contributed by atoms with E-state index in [0.29, 0.717) is 31.7 Å². The van der Waals surface area contributed by atoms with Gasteiger partial charge < -0.3 is 9.64 Å². The lowest BCUT2D eigenvalue weighted by Gasteiger charge is -2.41. The molecule has 0 radical (unpaired) electrons. The zero-order chi connectivity index (χ0) is 20.5. The van der Waals surface area contributed by atoms with E-state index in [9.17, 15) is 9.59 Å². The molecule has 4 heterocycles. The number of ether oxygens (including phenoxy) is 1. The number of carbonyl (C=O) groups is 1. The first-order chi connectivity index (χ1) is 14.7. The van der Waals surface area contributed by atoms with E-state index in [2.05, 4.69) is 10.1 Å². The third-order valence-corrected chi connectivity index (χ3v) is 5.72. The highest BCUT2D eigenvalue weighted by Gasteiger charge is 2.37. The number of aryl methyl sites for hydroxylation is 1. The van der Waals surface area contributed by atoms with Crippen LogP contribution in [0.4, 0.5) is 0 Å². The average molecular weight is 402 g/mol. The molecule has 30 heavy (non-hydrogen) atoms. The fourth-order valence-corrected chi connectivity index (χ4v) is 4.06. The number of likely N-dealkylation sites (tertiary alicyclic amines) is 1. The monoisotopic (exact) mass is 402 g/mol. The number of hydrogen-bond donors (Lipinski definition) is 0. The van der Waals surface area contributed by atoms with E-state index in [-0.39, 0.29) is 17.4 Å². The summed E-state index contributed by atoms with van der Waals surface area (Å²) in [6.45, 7) is 1.72. The Hall–Kier alpha value is -3.48. The number of para-hydroxylation sites is 1. The van der Waals surface area contributed by atoms with E-state index >= 15 is 0 Å². The Kier molecular flexibility index (Phi) is 4.78. The number of rotatable bonds is 4. The zero-order valence-electron chi connectivity index (χ0n) is 16.5. The van der Waals surface area contributed by atoms with Crippen LogP contribution in [0.3, 0.4) is 0 Å². The summed E-state index contributed by atoms with van der Waals surface area (Å²) in [5.41, 5.74) is 2.59. The normalized spacial score (nSPS) is 18.3. The van der Waals surface area contributed by atoms with Gasteiger partial charge in [0.15, 0.2) is 6.10 Å². The van der Waals surface area contributed by atoms with Gasteiger partial charge in [-0.3, -0.25) is 14.6 Å². The number of fused-ring (bicyclic) bond motifs is 1. The van der Waals surface area contributed by atoms with E-state index in [1.807, 2.05) is 41.3 Å². The molecule has 0 bridgehead atoms. The predicted molar refractivity (Wildman–Crippen MR) is 111 cm³/mol. The van der Waals surface area contributed by atoms with Crippen LogP contribution in [0, 0.1) is 5.92 Å². The average Bonchev–Trinajstić information content (AvgIpc) is 2.77. The largest absolute Gasteiger partial charge is 0.480 e. The van der Waals surface area contributed by atoms with Crippen LogP contribution in [-0.2, 0) is 17.8 Å². The molecule has 0 spiro atoms. The topological polar surface area (TPSA) is 77.3 Å². The minimum absolute atomic E-state index is 0.0326. The Morgan fingerprint density at radius 1 is 1.10 bits per heavy atom. The third-order valence-electron chi connectivity index (χ3n) is 5.72.